The summed E-state index contributed by atoms with van der Waals surface area (Å²) in [4.78, 5) is 0. The van der Waals surface area contributed by atoms with Crippen molar-refractivity contribution in [3.05, 3.63) is 41.4 Å². The van der Waals surface area contributed by atoms with Crippen LogP contribution in [0.15, 0.2) is 30.9 Å². The molecule has 0 unspecified atom stereocenters. The van der Waals surface area contributed by atoms with E-state index in [9.17, 15) is 13.2 Å². The maximum Gasteiger partial charge on any atom is 0.416 e. The van der Waals surface area contributed by atoms with E-state index in [4.69, 9.17) is 11.6 Å². The smallest absolute Gasteiger partial charge is 0.384 e. The van der Waals surface area contributed by atoms with Gasteiger partial charge < -0.3 is 5.32 Å². The summed E-state index contributed by atoms with van der Waals surface area (Å²) in [6, 6.07) is 3.35. The van der Waals surface area contributed by atoms with Gasteiger partial charge in [0.05, 0.1) is 16.3 Å². The summed E-state index contributed by atoms with van der Waals surface area (Å²) in [6.45, 7) is 4.34. The molecule has 0 aliphatic heterocycles. The Labute approximate surface area is 116 Å². The number of hydrogen-bond donors (Lipinski definition) is 1. The molecule has 0 saturated heterocycles. The van der Waals surface area contributed by atoms with Crippen LogP contribution in [0, 0.1) is 0 Å². The second-order valence-corrected chi connectivity index (χ2v) is 4.66. The van der Waals surface area contributed by atoms with Crippen molar-refractivity contribution < 1.29 is 13.2 Å². The molecule has 0 bridgehead atoms. The van der Waals surface area contributed by atoms with Crippen molar-refractivity contribution in [2.45, 2.75) is 31.9 Å². The summed E-state index contributed by atoms with van der Waals surface area (Å²) in [5.74, 6) is 0. The minimum atomic E-state index is -4.35. The Morgan fingerprint density at radius 2 is 1.95 bits per heavy atom. The molecule has 0 aliphatic rings. The number of alkyl halides is 3. The van der Waals surface area contributed by atoms with E-state index < -0.39 is 11.7 Å². The van der Waals surface area contributed by atoms with Gasteiger partial charge in [-0.1, -0.05) is 24.1 Å². The Morgan fingerprint density at radius 1 is 1.21 bits per heavy atom. The first-order chi connectivity index (χ1) is 8.95. The van der Waals surface area contributed by atoms with Crippen molar-refractivity contribution in [2.24, 2.45) is 0 Å². The molecule has 0 amide bonds. The van der Waals surface area contributed by atoms with Crippen LogP contribution in [0.25, 0.3) is 0 Å². The predicted octanol–water partition coefficient (Wildman–Crippen LogP) is 5.52. The Balaban J connectivity index is 2.45. The lowest BCUT2D eigenvalue weighted by Crippen LogP contribution is -2.06. The molecule has 106 valence electrons. The molecular formula is C14H17ClF3N. The molecule has 0 aliphatic carbocycles. The topological polar surface area (TPSA) is 12.0 Å². The molecule has 0 heterocycles. The lowest BCUT2D eigenvalue weighted by molar-refractivity contribution is -0.137. The van der Waals surface area contributed by atoms with Gasteiger partial charge in [-0.2, -0.15) is 13.2 Å². The number of unbranched alkanes of at least 4 members (excludes halogenated alkanes) is 3. The first-order valence-corrected chi connectivity index (χ1v) is 6.54. The molecule has 5 heteroatoms. The molecule has 0 radical (unpaired) electrons. The summed E-state index contributed by atoms with van der Waals surface area (Å²) in [5, 5.41) is 3.14. The molecule has 0 atom stereocenters. The maximum absolute atomic E-state index is 12.4. The standard InChI is InChI=1S/C14H17ClF3N/c1-2-3-4-5-6-9-19-13-8-7-11(10-12(13)15)14(16,17)18/h2,7-8,10,19H,1,3-6,9H2. The van der Waals surface area contributed by atoms with E-state index in [1.165, 1.54) is 6.07 Å². The summed E-state index contributed by atoms with van der Waals surface area (Å²) in [5.41, 5.74) is -0.188. The van der Waals surface area contributed by atoms with Gasteiger partial charge in [-0.3, -0.25) is 0 Å². The largest absolute Gasteiger partial charge is 0.416 e. The van der Waals surface area contributed by atoms with E-state index in [1.54, 1.807) is 0 Å². The van der Waals surface area contributed by atoms with Crippen LogP contribution in [0.2, 0.25) is 5.02 Å². The highest BCUT2D eigenvalue weighted by Gasteiger charge is 2.30. The van der Waals surface area contributed by atoms with Gasteiger partial charge in [-0.05, 0) is 37.5 Å². The second-order valence-electron chi connectivity index (χ2n) is 4.26. The third kappa shape index (κ3) is 5.55. The highest BCUT2D eigenvalue weighted by molar-refractivity contribution is 6.33. The van der Waals surface area contributed by atoms with Crippen LogP contribution in [0.4, 0.5) is 18.9 Å². The molecule has 1 N–H and O–H groups in total. The zero-order valence-electron chi connectivity index (χ0n) is 10.6. The van der Waals surface area contributed by atoms with Crippen LogP contribution in [-0.4, -0.2) is 6.54 Å². The number of nitrogens with one attached hydrogen (secondary N) is 1. The van der Waals surface area contributed by atoms with Gasteiger partial charge in [-0.25, -0.2) is 0 Å². The molecule has 19 heavy (non-hydrogen) atoms. The van der Waals surface area contributed by atoms with E-state index in [0.717, 1.165) is 37.8 Å². The lowest BCUT2D eigenvalue weighted by atomic mass is 10.1. The van der Waals surface area contributed by atoms with Gasteiger partial charge in [0.1, 0.15) is 0 Å². The van der Waals surface area contributed by atoms with Crippen molar-refractivity contribution in [3.63, 3.8) is 0 Å². The number of benzene rings is 1. The quantitative estimate of drug-likeness (QED) is 0.515. The maximum atomic E-state index is 12.4. The van der Waals surface area contributed by atoms with Crippen LogP contribution in [0.3, 0.4) is 0 Å². The SMILES string of the molecule is C=CCCCCCNc1ccc(C(F)(F)F)cc1Cl. The average Bonchev–Trinajstić information content (AvgIpc) is 2.34. The fourth-order valence-corrected chi connectivity index (χ4v) is 1.90. The van der Waals surface area contributed by atoms with E-state index >= 15 is 0 Å². The molecule has 1 rings (SSSR count). The van der Waals surface area contributed by atoms with Crippen molar-refractivity contribution >= 4 is 17.3 Å². The molecule has 0 fully saturated rings. The monoisotopic (exact) mass is 291 g/mol. The molecule has 1 aromatic rings. The molecule has 0 saturated carbocycles. The third-order valence-electron chi connectivity index (χ3n) is 2.70. The van der Waals surface area contributed by atoms with E-state index in [0.29, 0.717) is 12.2 Å². The van der Waals surface area contributed by atoms with Crippen molar-refractivity contribution in [2.75, 3.05) is 11.9 Å². The van der Waals surface area contributed by atoms with Gasteiger partial charge in [0.2, 0.25) is 0 Å². The zero-order chi connectivity index (χ0) is 14.3. The molecule has 1 aromatic carbocycles. The number of rotatable bonds is 7. The van der Waals surface area contributed by atoms with Gasteiger partial charge in [0.25, 0.3) is 0 Å². The number of halogens is 4. The Bertz CT molecular complexity index is 416. The molecule has 0 aromatic heterocycles. The average molecular weight is 292 g/mol. The Morgan fingerprint density at radius 3 is 2.53 bits per heavy atom. The normalized spacial score (nSPS) is 11.4. The first kappa shape index (κ1) is 15.9. The number of anilines is 1. The van der Waals surface area contributed by atoms with Crippen molar-refractivity contribution in [1.82, 2.24) is 0 Å². The highest BCUT2D eigenvalue weighted by atomic mass is 35.5. The highest BCUT2D eigenvalue weighted by Crippen LogP contribution is 2.33. The molecule has 1 nitrogen and oxygen atoms in total. The van der Waals surface area contributed by atoms with E-state index in [2.05, 4.69) is 11.9 Å². The summed E-state index contributed by atoms with van der Waals surface area (Å²) in [6.07, 6.45) is 1.59. The van der Waals surface area contributed by atoms with Gasteiger partial charge in [0.15, 0.2) is 0 Å². The molecular weight excluding hydrogens is 275 g/mol. The minimum Gasteiger partial charge on any atom is -0.384 e. The van der Waals surface area contributed by atoms with Crippen LogP contribution in [0.1, 0.15) is 31.2 Å². The predicted molar refractivity (Wildman–Crippen MR) is 73.6 cm³/mol. The Kier molecular flexibility index (Phi) is 6.22. The first-order valence-electron chi connectivity index (χ1n) is 6.16. The minimum absolute atomic E-state index is 0.0981. The van der Waals surface area contributed by atoms with Crippen molar-refractivity contribution in [1.29, 1.82) is 0 Å². The molecule has 0 spiro atoms. The fraction of sp³-hybridized carbons (Fsp3) is 0.429. The van der Waals surface area contributed by atoms with Gasteiger partial charge in [0, 0.05) is 6.54 Å². The third-order valence-corrected chi connectivity index (χ3v) is 3.01. The van der Waals surface area contributed by atoms with Crippen LogP contribution in [0.5, 0.6) is 0 Å². The Hall–Kier alpha value is -1.16. The summed E-state index contributed by atoms with van der Waals surface area (Å²) >= 11 is 5.82. The number of hydrogen-bond acceptors (Lipinski definition) is 1. The van der Waals surface area contributed by atoms with Crippen LogP contribution >= 0.6 is 11.6 Å². The fourth-order valence-electron chi connectivity index (χ4n) is 1.65. The van der Waals surface area contributed by atoms with Gasteiger partial charge >= 0.3 is 6.18 Å². The lowest BCUT2D eigenvalue weighted by Gasteiger charge is -2.11. The van der Waals surface area contributed by atoms with Gasteiger partial charge in [-0.15, -0.1) is 6.58 Å². The van der Waals surface area contributed by atoms with E-state index in [1.807, 2.05) is 6.08 Å². The number of allylic oxidation sites excluding steroid dienone is 1. The summed E-state index contributed by atoms with van der Waals surface area (Å²) in [7, 11) is 0. The summed E-state index contributed by atoms with van der Waals surface area (Å²) < 4.78 is 37.3. The van der Waals surface area contributed by atoms with E-state index in [-0.39, 0.29) is 5.02 Å². The zero-order valence-corrected chi connectivity index (χ0v) is 11.3. The second kappa shape index (κ2) is 7.43. The van der Waals surface area contributed by atoms with Crippen molar-refractivity contribution in [3.8, 4) is 0 Å². The van der Waals surface area contributed by atoms with Crippen LogP contribution in [-0.2, 0) is 6.18 Å². The van der Waals surface area contributed by atoms with Crippen LogP contribution < -0.4 is 5.32 Å².